The van der Waals surface area contributed by atoms with Gasteiger partial charge >= 0.3 is 0 Å². The van der Waals surface area contributed by atoms with E-state index in [4.69, 9.17) is 0 Å². The lowest BCUT2D eigenvalue weighted by molar-refractivity contribution is -0.120. The van der Waals surface area contributed by atoms with Gasteiger partial charge in [0.25, 0.3) is 0 Å². The zero-order chi connectivity index (χ0) is 14.5. The van der Waals surface area contributed by atoms with Crippen LogP contribution in [-0.2, 0) is 4.79 Å². The Labute approximate surface area is 122 Å². The largest absolute Gasteiger partial charge is 0.326 e. The van der Waals surface area contributed by atoms with Crippen LogP contribution in [0.1, 0.15) is 37.3 Å². The molecule has 3 heteroatoms. The van der Waals surface area contributed by atoms with Gasteiger partial charge in [0, 0.05) is 18.2 Å². The van der Waals surface area contributed by atoms with Crippen LogP contribution in [0.5, 0.6) is 0 Å². The zero-order valence-electron chi connectivity index (χ0n) is 12.9. The third-order valence-corrected chi connectivity index (χ3v) is 3.92. The van der Waals surface area contributed by atoms with Crippen LogP contribution >= 0.6 is 0 Å². The van der Waals surface area contributed by atoms with E-state index in [0.29, 0.717) is 0 Å². The molecule has 1 aromatic carbocycles. The fourth-order valence-corrected chi connectivity index (χ4v) is 2.92. The Morgan fingerprint density at radius 1 is 1.15 bits per heavy atom. The van der Waals surface area contributed by atoms with Crippen LogP contribution in [-0.4, -0.2) is 30.4 Å². The fraction of sp³-hybridized carbons (Fsp3) is 0.588. The average Bonchev–Trinajstić information content (AvgIpc) is 2.38. The van der Waals surface area contributed by atoms with Crippen LogP contribution in [0.4, 0.5) is 5.69 Å². The summed E-state index contributed by atoms with van der Waals surface area (Å²) < 4.78 is 0. The molecule has 1 aromatic rings. The van der Waals surface area contributed by atoms with Crippen molar-refractivity contribution in [2.75, 3.05) is 25.0 Å². The predicted molar refractivity (Wildman–Crippen MR) is 84.0 cm³/mol. The van der Waals surface area contributed by atoms with Gasteiger partial charge < -0.3 is 10.2 Å². The molecule has 1 unspecified atom stereocenters. The number of anilines is 1. The highest BCUT2D eigenvalue weighted by molar-refractivity contribution is 5.92. The number of hydrogen-bond donors (Lipinski definition) is 1. The normalized spacial score (nSPS) is 17.8. The van der Waals surface area contributed by atoms with Crippen molar-refractivity contribution in [2.45, 2.75) is 40.0 Å². The van der Waals surface area contributed by atoms with Gasteiger partial charge in [-0.15, -0.1) is 0 Å². The molecule has 1 aliphatic rings. The molecule has 1 N–H and O–H groups in total. The van der Waals surface area contributed by atoms with Crippen molar-refractivity contribution in [1.29, 1.82) is 0 Å². The maximum atomic E-state index is 12.3. The highest BCUT2D eigenvalue weighted by atomic mass is 16.1. The first kappa shape index (κ1) is 15.0. The average molecular weight is 274 g/mol. The fourth-order valence-electron chi connectivity index (χ4n) is 2.92. The predicted octanol–water partition coefficient (Wildman–Crippen LogP) is 3.36. The summed E-state index contributed by atoms with van der Waals surface area (Å²) in [5, 5.41) is 3.05. The SMILES string of the molecule is Cc1cc(C)cc(NC(=O)C(C)CN2CCCCC2)c1. The Balaban J connectivity index is 1.89. The van der Waals surface area contributed by atoms with Crippen molar-refractivity contribution in [3.63, 3.8) is 0 Å². The van der Waals surface area contributed by atoms with Crippen LogP contribution in [0.2, 0.25) is 0 Å². The van der Waals surface area contributed by atoms with Gasteiger partial charge in [-0.25, -0.2) is 0 Å². The highest BCUT2D eigenvalue weighted by Gasteiger charge is 2.18. The van der Waals surface area contributed by atoms with E-state index < -0.39 is 0 Å². The van der Waals surface area contributed by atoms with E-state index in [1.54, 1.807) is 0 Å². The Bertz CT molecular complexity index is 444. The van der Waals surface area contributed by atoms with Gasteiger partial charge in [0.2, 0.25) is 5.91 Å². The highest BCUT2D eigenvalue weighted by Crippen LogP contribution is 2.16. The van der Waals surface area contributed by atoms with E-state index in [-0.39, 0.29) is 11.8 Å². The monoisotopic (exact) mass is 274 g/mol. The lowest BCUT2D eigenvalue weighted by atomic mass is 10.1. The molecule has 0 bridgehead atoms. The molecule has 0 spiro atoms. The molecule has 0 radical (unpaired) electrons. The molecule has 0 aliphatic carbocycles. The van der Waals surface area contributed by atoms with Crippen molar-refractivity contribution >= 4 is 11.6 Å². The number of amides is 1. The molecule has 110 valence electrons. The van der Waals surface area contributed by atoms with Crippen LogP contribution in [0.3, 0.4) is 0 Å². The second-order valence-corrected chi connectivity index (χ2v) is 6.13. The van der Waals surface area contributed by atoms with Gasteiger partial charge in [0.15, 0.2) is 0 Å². The number of benzene rings is 1. The number of carbonyl (C=O) groups is 1. The molecule has 0 saturated carbocycles. The molecule has 20 heavy (non-hydrogen) atoms. The lowest BCUT2D eigenvalue weighted by Gasteiger charge is -2.28. The standard InChI is InChI=1S/C17H26N2O/c1-13-9-14(2)11-16(10-13)18-17(20)15(3)12-19-7-5-4-6-8-19/h9-11,15H,4-8,12H2,1-3H3,(H,18,20). The number of hydrogen-bond acceptors (Lipinski definition) is 2. The van der Waals surface area contributed by atoms with Crippen molar-refractivity contribution in [3.05, 3.63) is 29.3 Å². The van der Waals surface area contributed by atoms with Crippen LogP contribution in [0.25, 0.3) is 0 Å². The number of nitrogens with zero attached hydrogens (tertiary/aromatic N) is 1. The summed E-state index contributed by atoms with van der Waals surface area (Å²) in [4.78, 5) is 14.7. The summed E-state index contributed by atoms with van der Waals surface area (Å²) in [6.07, 6.45) is 3.87. The number of rotatable bonds is 4. The first-order valence-electron chi connectivity index (χ1n) is 7.66. The van der Waals surface area contributed by atoms with Gasteiger partial charge in [-0.1, -0.05) is 19.4 Å². The number of aryl methyl sites for hydroxylation is 2. The second-order valence-electron chi connectivity index (χ2n) is 6.13. The quantitative estimate of drug-likeness (QED) is 0.913. The van der Waals surface area contributed by atoms with Crippen LogP contribution in [0, 0.1) is 19.8 Å². The molecular formula is C17H26N2O. The summed E-state index contributed by atoms with van der Waals surface area (Å²) in [5.74, 6) is 0.162. The van der Waals surface area contributed by atoms with E-state index in [0.717, 1.165) is 25.3 Å². The Morgan fingerprint density at radius 3 is 2.35 bits per heavy atom. The van der Waals surface area contributed by atoms with E-state index >= 15 is 0 Å². The van der Waals surface area contributed by atoms with Crippen molar-refractivity contribution < 1.29 is 4.79 Å². The maximum Gasteiger partial charge on any atom is 0.228 e. The van der Waals surface area contributed by atoms with Gasteiger partial charge in [0.1, 0.15) is 0 Å². The Hall–Kier alpha value is -1.35. The molecule has 1 amide bonds. The van der Waals surface area contributed by atoms with Gasteiger partial charge in [-0.3, -0.25) is 4.79 Å². The summed E-state index contributed by atoms with van der Waals surface area (Å²) in [7, 11) is 0. The van der Waals surface area contributed by atoms with Gasteiger partial charge in [-0.05, 0) is 63.0 Å². The van der Waals surface area contributed by atoms with Gasteiger partial charge in [0.05, 0.1) is 0 Å². The van der Waals surface area contributed by atoms with Crippen LogP contribution < -0.4 is 5.32 Å². The topological polar surface area (TPSA) is 32.3 Å². The van der Waals surface area contributed by atoms with Crippen LogP contribution in [0.15, 0.2) is 18.2 Å². The summed E-state index contributed by atoms with van der Waals surface area (Å²) >= 11 is 0. The molecule has 1 heterocycles. The maximum absolute atomic E-state index is 12.3. The zero-order valence-corrected chi connectivity index (χ0v) is 12.9. The molecule has 1 atom stereocenters. The third-order valence-electron chi connectivity index (χ3n) is 3.92. The number of nitrogens with one attached hydrogen (secondary N) is 1. The first-order valence-corrected chi connectivity index (χ1v) is 7.66. The number of likely N-dealkylation sites (tertiary alicyclic amines) is 1. The minimum atomic E-state index is 0.0360. The minimum Gasteiger partial charge on any atom is -0.326 e. The Morgan fingerprint density at radius 2 is 1.75 bits per heavy atom. The lowest BCUT2D eigenvalue weighted by Crippen LogP contribution is -2.37. The van der Waals surface area contributed by atoms with Crippen molar-refractivity contribution in [2.24, 2.45) is 5.92 Å². The molecule has 2 rings (SSSR count). The molecule has 1 fully saturated rings. The molecule has 1 aliphatic heterocycles. The first-order chi connectivity index (χ1) is 9.54. The van der Waals surface area contributed by atoms with E-state index in [1.807, 2.05) is 19.1 Å². The second kappa shape index (κ2) is 6.89. The molecule has 1 saturated heterocycles. The van der Waals surface area contributed by atoms with Crippen molar-refractivity contribution in [1.82, 2.24) is 4.90 Å². The summed E-state index contributed by atoms with van der Waals surface area (Å²) in [5.41, 5.74) is 3.28. The third kappa shape index (κ3) is 4.34. The van der Waals surface area contributed by atoms with E-state index in [2.05, 4.69) is 30.1 Å². The molecule has 0 aromatic heterocycles. The summed E-state index contributed by atoms with van der Waals surface area (Å²) in [6.45, 7) is 9.28. The number of piperidine rings is 1. The molecule has 3 nitrogen and oxygen atoms in total. The number of carbonyl (C=O) groups excluding carboxylic acids is 1. The van der Waals surface area contributed by atoms with E-state index in [1.165, 1.54) is 30.4 Å². The molecular weight excluding hydrogens is 248 g/mol. The van der Waals surface area contributed by atoms with Crippen molar-refractivity contribution in [3.8, 4) is 0 Å². The smallest absolute Gasteiger partial charge is 0.228 e. The summed E-state index contributed by atoms with van der Waals surface area (Å²) in [6, 6.07) is 6.17. The Kier molecular flexibility index (Phi) is 5.18. The minimum absolute atomic E-state index is 0.0360. The van der Waals surface area contributed by atoms with E-state index in [9.17, 15) is 4.79 Å². The van der Waals surface area contributed by atoms with Gasteiger partial charge in [-0.2, -0.15) is 0 Å².